The van der Waals surface area contributed by atoms with E-state index in [0.29, 0.717) is 0 Å². The minimum Gasteiger partial charge on any atom is -0.255 e. The number of hydrogen-bond donors (Lipinski definition) is 0. The summed E-state index contributed by atoms with van der Waals surface area (Å²) in [6.45, 7) is 0. The van der Waals surface area contributed by atoms with Crippen molar-refractivity contribution in [2.75, 3.05) is 0 Å². The maximum Gasteiger partial charge on any atom is 0.0900 e. The molecule has 0 amide bonds. The van der Waals surface area contributed by atoms with E-state index in [4.69, 9.17) is 4.98 Å². The van der Waals surface area contributed by atoms with Gasteiger partial charge in [-0.05, 0) is 103 Å². The zero-order valence-corrected chi connectivity index (χ0v) is 23.9. The molecule has 3 aromatic heterocycles. The average Bonchev–Trinajstić information content (AvgIpc) is 3.12. The van der Waals surface area contributed by atoms with Gasteiger partial charge in [-0.3, -0.25) is 9.97 Å². The van der Waals surface area contributed by atoms with Crippen molar-refractivity contribution in [3.63, 3.8) is 0 Å². The predicted molar refractivity (Wildman–Crippen MR) is 182 cm³/mol. The van der Waals surface area contributed by atoms with Crippen LogP contribution in [0.4, 0.5) is 0 Å². The van der Waals surface area contributed by atoms with E-state index in [1.807, 2.05) is 36.4 Å². The summed E-state index contributed by atoms with van der Waals surface area (Å²) >= 11 is 0. The van der Waals surface area contributed by atoms with E-state index >= 15 is 0 Å². The fraction of sp³-hybridized carbons (Fsp3) is 0. The van der Waals surface area contributed by atoms with Gasteiger partial charge < -0.3 is 0 Å². The van der Waals surface area contributed by atoms with Crippen molar-refractivity contribution in [1.29, 1.82) is 0 Å². The molecule has 5 aromatic carbocycles. The van der Waals surface area contributed by atoms with Crippen molar-refractivity contribution in [3.8, 4) is 56.2 Å². The third-order valence-electron chi connectivity index (χ3n) is 8.17. The molecular formula is C41H27N3. The van der Waals surface area contributed by atoms with Gasteiger partial charge in [-0.1, -0.05) is 103 Å². The Hall–Kier alpha value is -5.93. The third kappa shape index (κ3) is 4.71. The molecule has 3 heteroatoms. The summed E-state index contributed by atoms with van der Waals surface area (Å²) in [5, 5.41) is 5.04. The van der Waals surface area contributed by atoms with Crippen molar-refractivity contribution in [2.45, 2.75) is 0 Å². The normalized spacial score (nSPS) is 11.2. The molecule has 0 N–H and O–H groups in total. The van der Waals surface area contributed by atoms with Crippen LogP contribution in [0.15, 0.2) is 164 Å². The maximum atomic E-state index is 4.96. The van der Waals surface area contributed by atoms with Crippen LogP contribution in [-0.4, -0.2) is 15.0 Å². The lowest BCUT2D eigenvalue weighted by Crippen LogP contribution is -1.94. The second-order valence-electron chi connectivity index (χ2n) is 10.9. The molecule has 0 radical (unpaired) electrons. The number of rotatable bonds is 5. The quantitative estimate of drug-likeness (QED) is 0.196. The summed E-state index contributed by atoms with van der Waals surface area (Å²) in [5.41, 5.74) is 10.3. The van der Waals surface area contributed by atoms with Crippen LogP contribution in [0.2, 0.25) is 0 Å². The standard InChI is InChI=1S/C41H27N3/c1-2-15-33-30(12-1)25-37(36-19-6-5-17-34(33)36)35-18-4-3-16-32(35)29-14-11-13-28(24-29)31-26-40(38-20-7-9-22-42-38)44-41(27-31)39-21-8-10-23-43-39/h1-27H. The largest absolute Gasteiger partial charge is 0.255 e. The number of nitrogens with zero attached hydrogens (tertiary/aromatic N) is 3. The van der Waals surface area contributed by atoms with Gasteiger partial charge in [0.05, 0.1) is 22.8 Å². The van der Waals surface area contributed by atoms with Crippen LogP contribution in [0.25, 0.3) is 77.7 Å². The predicted octanol–water partition coefficient (Wildman–Crippen LogP) is 10.5. The van der Waals surface area contributed by atoms with Crippen molar-refractivity contribution in [2.24, 2.45) is 0 Å². The second-order valence-corrected chi connectivity index (χ2v) is 10.9. The highest BCUT2D eigenvalue weighted by molar-refractivity contribution is 6.14. The first kappa shape index (κ1) is 25.8. The van der Waals surface area contributed by atoms with Crippen molar-refractivity contribution in [1.82, 2.24) is 15.0 Å². The molecule has 0 aliphatic heterocycles. The summed E-state index contributed by atoms with van der Waals surface area (Å²) in [6.07, 6.45) is 3.61. The molecule has 8 aromatic rings. The smallest absolute Gasteiger partial charge is 0.0900 e. The van der Waals surface area contributed by atoms with E-state index in [1.165, 1.54) is 38.2 Å². The minimum absolute atomic E-state index is 0.817. The monoisotopic (exact) mass is 561 g/mol. The molecule has 206 valence electrons. The maximum absolute atomic E-state index is 4.96. The van der Waals surface area contributed by atoms with Crippen LogP contribution < -0.4 is 0 Å². The average molecular weight is 562 g/mol. The van der Waals surface area contributed by atoms with E-state index in [1.54, 1.807) is 12.4 Å². The first-order chi connectivity index (χ1) is 21.8. The fourth-order valence-corrected chi connectivity index (χ4v) is 6.10. The highest BCUT2D eigenvalue weighted by atomic mass is 14.8. The summed E-state index contributed by atoms with van der Waals surface area (Å²) < 4.78 is 0. The first-order valence-corrected chi connectivity index (χ1v) is 14.8. The number of benzene rings is 5. The summed E-state index contributed by atoms with van der Waals surface area (Å²) in [6, 6.07) is 53.3. The lowest BCUT2D eigenvalue weighted by atomic mass is 9.88. The van der Waals surface area contributed by atoms with Crippen molar-refractivity contribution >= 4 is 21.5 Å². The molecular weight excluding hydrogens is 534 g/mol. The Morgan fingerprint density at radius 3 is 1.61 bits per heavy atom. The van der Waals surface area contributed by atoms with Gasteiger partial charge in [-0.25, -0.2) is 4.98 Å². The first-order valence-electron chi connectivity index (χ1n) is 14.8. The van der Waals surface area contributed by atoms with Crippen molar-refractivity contribution in [3.05, 3.63) is 164 Å². The summed E-state index contributed by atoms with van der Waals surface area (Å²) in [4.78, 5) is 14.1. The van der Waals surface area contributed by atoms with Crippen LogP contribution in [0.5, 0.6) is 0 Å². The van der Waals surface area contributed by atoms with Gasteiger partial charge >= 0.3 is 0 Å². The Balaban J connectivity index is 1.30. The molecule has 3 nitrogen and oxygen atoms in total. The highest BCUT2D eigenvalue weighted by Gasteiger charge is 2.15. The Bertz CT molecular complexity index is 2220. The minimum atomic E-state index is 0.817. The number of pyridine rings is 3. The molecule has 0 saturated heterocycles. The zero-order chi connectivity index (χ0) is 29.3. The van der Waals surface area contributed by atoms with E-state index < -0.39 is 0 Å². The highest BCUT2D eigenvalue weighted by Crippen LogP contribution is 2.40. The zero-order valence-electron chi connectivity index (χ0n) is 23.9. The van der Waals surface area contributed by atoms with Gasteiger partial charge in [-0.15, -0.1) is 0 Å². The van der Waals surface area contributed by atoms with Gasteiger partial charge in [0.2, 0.25) is 0 Å². The van der Waals surface area contributed by atoms with E-state index in [9.17, 15) is 0 Å². The molecule has 0 atom stereocenters. The van der Waals surface area contributed by atoms with Gasteiger partial charge in [0.25, 0.3) is 0 Å². The molecule has 44 heavy (non-hydrogen) atoms. The van der Waals surface area contributed by atoms with Crippen LogP contribution >= 0.6 is 0 Å². The molecule has 3 heterocycles. The molecule has 0 bridgehead atoms. The van der Waals surface area contributed by atoms with Crippen molar-refractivity contribution < 1.29 is 0 Å². The Morgan fingerprint density at radius 1 is 0.318 bits per heavy atom. The SMILES string of the molecule is c1ccc(-c2cc(-c3cccc(-c4ccccc4-c4cc5ccccc5c5ccccc45)c3)cc(-c3ccccn3)n2)nc1. The van der Waals surface area contributed by atoms with E-state index in [-0.39, 0.29) is 0 Å². The molecule has 8 rings (SSSR count). The molecule has 0 aliphatic carbocycles. The third-order valence-corrected chi connectivity index (χ3v) is 8.17. The molecule has 0 aliphatic rings. The summed E-state index contributed by atoms with van der Waals surface area (Å²) in [7, 11) is 0. The Morgan fingerprint density at radius 2 is 0.909 bits per heavy atom. The number of aromatic nitrogens is 3. The fourth-order valence-electron chi connectivity index (χ4n) is 6.10. The number of hydrogen-bond acceptors (Lipinski definition) is 3. The van der Waals surface area contributed by atoms with Crippen LogP contribution in [0.3, 0.4) is 0 Å². The lowest BCUT2D eigenvalue weighted by molar-refractivity contribution is 1.22. The Kier molecular flexibility index (Phi) is 6.47. The topological polar surface area (TPSA) is 38.7 Å². The van der Waals surface area contributed by atoms with Crippen LogP contribution in [0, 0.1) is 0 Å². The van der Waals surface area contributed by atoms with Gasteiger partial charge in [0.1, 0.15) is 0 Å². The molecule has 0 saturated carbocycles. The van der Waals surface area contributed by atoms with Crippen LogP contribution in [0.1, 0.15) is 0 Å². The molecule has 0 unspecified atom stereocenters. The van der Waals surface area contributed by atoms with Gasteiger partial charge in [0.15, 0.2) is 0 Å². The van der Waals surface area contributed by atoms with Gasteiger partial charge in [0, 0.05) is 12.4 Å². The molecule has 0 spiro atoms. The van der Waals surface area contributed by atoms with E-state index in [0.717, 1.165) is 39.5 Å². The second kappa shape index (κ2) is 11.0. The van der Waals surface area contributed by atoms with Gasteiger partial charge in [-0.2, -0.15) is 0 Å². The summed E-state index contributed by atoms with van der Waals surface area (Å²) in [5.74, 6) is 0. The molecule has 0 fully saturated rings. The number of fused-ring (bicyclic) bond motifs is 3. The van der Waals surface area contributed by atoms with E-state index in [2.05, 4.69) is 125 Å². The van der Waals surface area contributed by atoms with Crippen LogP contribution in [-0.2, 0) is 0 Å². The Labute approximate surface area is 256 Å². The lowest BCUT2D eigenvalue weighted by Gasteiger charge is -2.16.